The monoisotopic (exact) mass is 288 g/mol. The van der Waals surface area contributed by atoms with Gasteiger partial charge in [0.05, 0.1) is 11.8 Å². The van der Waals surface area contributed by atoms with Gasteiger partial charge in [-0.15, -0.1) is 0 Å². The third-order valence-corrected chi connectivity index (χ3v) is 3.87. The fourth-order valence-corrected chi connectivity index (χ4v) is 2.97. The Balaban J connectivity index is 2.03. The van der Waals surface area contributed by atoms with Gasteiger partial charge in [-0.3, -0.25) is 0 Å². The summed E-state index contributed by atoms with van der Waals surface area (Å²) in [4.78, 5) is 7.19. The topological polar surface area (TPSA) is 55.8 Å². The Morgan fingerprint density at radius 2 is 2.33 bits per heavy atom. The second kappa shape index (κ2) is 6.03. The molecule has 2 aromatic rings. The van der Waals surface area contributed by atoms with Crippen molar-refractivity contribution in [2.45, 2.75) is 38.8 Å². The van der Waals surface area contributed by atoms with Crippen molar-refractivity contribution in [1.82, 2.24) is 9.38 Å². The quantitative estimate of drug-likeness (QED) is 0.936. The van der Waals surface area contributed by atoms with Crippen molar-refractivity contribution >= 4 is 11.5 Å². The molecule has 2 atom stereocenters. The summed E-state index contributed by atoms with van der Waals surface area (Å²) in [6, 6.07) is 6.23. The van der Waals surface area contributed by atoms with Gasteiger partial charge >= 0.3 is 0 Å². The first-order chi connectivity index (χ1) is 10.1. The predicted molar refractivity (Wildman–Crippen MR) is 84.8 cm³/mol. The summed E-state index contributed by atoms with van der Waals surface area (Å²) in [7, 11) is 0. The molecular weight excluding hydrogens is 264 g/mol. The lowest BCUT2D eigenvalue weighted by Crippen LogP contribution is -2.32. The van der Waals surface area contributed by atoms with Crippen molar-refractivity contribution in [1.29, 1.82) is 0 Å². The van der Waals surface area contributed by atoms with Gasteiger partial charge in [-0.05, 0) is 32.4 Å². The molecule has 1 aliphatic rings. The van der Waals surface area contributed by atoms with E-state index in [4.69, 9.17) is 15.5 Å². The third-order valence-electron chi connectivity index (χ3n) is 3.87. The van der Waals surface area contributed by atoms with E-state index >= 15 is 0 Å². The molecular formula is C16H24N4O. The van der Waals surface area contributed by atoms with E-state index in [1.54, 1.807) is 0 Å². The average molecular weight is 288 g/mol. The number of anilines is 1. The highest BCUT2D eigenvalue weighted by Crippen LogP contribution is 2.24. The summed E-state index contributed by atoms with van der Waals surface area (Å²) in [5.74, 6) is 1.07. The molecule has 114 valence electrons. The van der Waals surface area contributed by atoms with Gasteiger partial charge in [0.25, 0.3) is 0 Å². The molecule has 5 nitrogen and oxygen atoms in total. The molecule has 21 heavy (non-hydrogen) atoms. The van der Waals surface area contributed by atoms with Gasteiger partial charge in [0, 0.05) is 38.4 Å². The summed E-state index contributed by atoms with van der Waals surface area (Å²) < 4.78 is 7.91. The van der Waals surface area contributed by atoms with E-state index in [0.717, 1.165) is 44.0 Å². The zero-order valence-corrected chi connectivity index (χ0v) is 12.8. The molecule has 0 spiro atoms. The van der Waals surface area contributed by atoms with E-state index in [0.29, 0.717) is 0 Å². The predicted octanol–water partition coefficient (Wildman–Crippen LogP) is 1.84. The van der Waals surface area contributed by atoms with Crippen LogP contribution in [0.4, 0.5) is 5.82 Å². The van der Waals surface area contributed by atoms with E-state index < -0.39 is 0 Å². The molecule has 3 heterocycles. The summed E-state index contributed by atoms with van der Waals surface area (Å²) in [6.45, 7) is 6.86. The molecule has 0 radical (unpaired) electrons. The van der Waals surface area contributed by atoms with Crippen LogP contribution in [-0.2, 0) is 11.2 Å². The molecule has 3 rings (SSSR count). The summed E-state index contributed by atoms with van der Waals surface area (Å²) >= 11 is 0. The van der Waals surface area contributed by atoms with Gasteiger partial charge in [0.15, 0.2) is 5.82 Å². The van der Waals surface area contributed by atoms with Crippen molar-refractivity contribution in [2.24, 2.45) is 5.73 Å². The van der Waals surface area contributed by atoms with Crippen molar-refractivity contribution in [3.8, 4) is 0 Å². The van der Waals surface area contributed by atoms with Crippen LogP contribution < -0.4 is 10.6 Å². The molecule has 0 amide bonds. The van der Waals surface area contributed by atoms with E-state index in [1.165, 1.54) is 5.69 Å². The number of ether oxygens (including phenoxy) is 1. The zero-order valence-electron chi connectivity index (χ0n) is 12.8. The van der Waals surface area contributed by atoms with Crippen molar-refractivity contribution in [2.75, 3.05) is 24.6 Å². The Morgan fingerprint density at radius 1 is 1.48 bits per heavy atom. The molecule has 0 aromatic carbocycles. The second-order valence-electron chi connectivity index (χ2n) is 5.97. The standard InChI is InChI=1S/C16H24N4O/c1-12(17)10-14-16(18-15-6-3-4-8-20(14)15)19-7-5-9-21-13(2)11-19/h3-4,6,8,12-13H,5,7,9-11,17H2,1-2H3. The van der Waals surface area contributed by atoms with Crippen molar-refractivity contribution < 1.29 is 4.74 Å². The number of rotatable bonds is 3. The van der Waals surface area contributed by atoms with E-state index in [1.807, 2.05) is 25.1 Å². The largest absolute Gasteiger partial charge is 0.377 e. The average Bonchev–Trinajstić information content (AvgIpc) is 2.65. The Morgan fingerprint density at radius 3 is 3.14 bits per heavy atom. The lowest BCUT2D eigenvalue weighted by molar-refractivity contribution is 0.0820. The van der Waals surface area contributed by atoms with Crippen LogP contribution in [0.2, 0.25) is 0 Å². The van der Waals surface area contributed by atoms with Gasteiger partial charge in [-0.2, -0.15) is 0 Å². The maximum atomic E-state index is 6.05. The van der Waals surface area contributed by atoms with Gasteiger partial charge in [0.1, 0.15) is 5.65 Å². The van der Waals surface area contributed by atoms with Gasteiger partial charge in [-0.25, -0.2) is 4.98 Å². The number of hydrogen-bond donors (Lipinski definition) is 1. The molecule has 5 heteroatoms. The summed E-state index contributed by atoms with van der Waals surface area (Å²) in [5, 5.41) is 0. The third kappa shape index (κ3) is 3.04. The molecule has 0 aliphatic carbocycles. The van der Waals surface area contributed by atoms with Crippen LogP contribution in [-0.4, -0.2) is 41.2 Å². The highest BCUT2D eigenvalue weighted by atomic mass is 16.5. The van der Waals surface area contributed by atoms with Crippen LogP contribution in [0.5, 0.6) is 0 Å². The van der Waals surface area contributed by atoms with Crippen LogP contribution in [0.15, 0.2) is 24.4 Å². The lowest BCUT2D eigenvalue weighted by atomic mass is 10.2. The van der Waals surface area contributed by atoms with Crippen LogP contribution >= 0.6 is 0 Å². The SMILES string of the molecule is CC(N)Cc1c(N2CCCOC(C)C2)nc2ccccn12. The Labute approximate surface area is 125 Å². The van der Waals surface area contributed by atoms with Gasteiger partial charge in [0.2, 0.25) is 0 Å². The first-order valence-electron chi connectivity index (χ1n) is 7.73. The number of pyridine rings is 1. The Hall–Kier alpha value is -1.59. The second-order valence-corrected chi connectivity index (χ2v) is 5.97. The molecule has 1 fully saturated rings. The normalized spacial score (nSPS) is 21.5. The fourth-order valence-electron chi connectivity index (χ4n) is 2.97. The van der Waals surface area contributed by atoms with Crippen molar-refractivity contribution in [3.05, 3.63) is 30.1 Å². The zero-order chi connectivity index (χ0) is 14.8. The maximum Gasteiger partial charge on any atom is 0.151 e. The summed E-state index contributed by atoms with van der Waals surface area (Å²) in [6.07, 6.45) is 4.17. The maximum absolute atomic E-state index is 6.05. The Kier molecular flexibility index (Phi) is 4.12. The van der Waals surface area contributed by atoms with Crippen LogP contribution in [0.3, 0.4) is 0 Å². The minimum absolute atomic E-state index is 0.115. The number of nitrogens with two attached hydrogens (primary N) is 1. The number of imidazole rings is 1. The van der Waals surface area contributed by atoms with E-state index in [-0.39, 0.29) is 12.1 Å². The number of hydrogen-bond acceptors (Lipinski definition) is 4. The van der Waals surface area contributed by atoms with Crippen molar-refractivity contribution in [3.63, 3.8) is 0 Å². The highest BCUT2D eigenvalue weighted by Gasteiger charge is 2.22. The van der Waals surface area contributed by atoms with Crippen LogP contribution in [0, 0.1) is 0 Å². The van der Waals surface area contributed by atoms with E-state index in [9.17, 15) is 0 Å². The lowest BCUT2D eigenvalue weighted by Gasteiger charge is -2.23. The summed E-state index contributed by atoms with van der Waals surface area (Å²) in [5.41, 5.74) is 8.24. The fraction of sp³-hybridized carbons (Fsp3) is 0.562. The van der Waals surface area contributed by atoms with Crippen LogP contribution in [0.25, 0.3) is 5.65 Å². The molecule has 0 saturated carbocycles. The minimum atomic E-state index is 0.115. The molecule has 2 unspecified atom stereocenters. The van der Waals surface area contributed by atoms with Gasteiger partial charge in [-0.1, -0.05) is 6.07 Å². The minimum Gasteiger partial charge on any atom is -0.377 e. The first-order valence-corrected chi connectivity index (χ1v) is 7.73. The van der Waals surface area contributed by atoms with Gasteiger partial charge < -0.3 is 19.8 Å². The molecule has 1 aliphatic heterocycles. The molecule has 2 aromatic heterocycles. The number of fused-ring (bicyclic) bond motifs is 1. The highest BCUT2D eigenvalue weighted by molar-refractivity contribution is 5.56. The Bertz CT molecular complexity index is 607. The number of aromatic nitrogens is 2. The van der Waals surface area contributed by atoms with Crippen LogP contribution in [0.1, 0.15) is 26.0 Å². The van der Waals surface area contributed by atoms with E-state index in [2.05, 4.69) is 22.4 Å². The molecule has 1 saturated heterocycles. The first kappa shape index (κ1) is 14.4. The number of nitrogens with zero attached hydrogens (tertiary/aromatic N) is 3. The molecule has 2 N–H and O–H groups in total. The molecule has 0 bridgehead atoms. The smallest absolute Gasteiger partial charge is 0.151 e.